The van der Waals surface area contributed by atoms with Gasteiger partial charge in [0.25, 0.3) is 0 Å². The molecule has 3 rings (SSSR count). The van der Waals surface area contributed by atoms with Crippen LogP contribution in [0.15, 0.2) is 0 Å². The van der Waals surface area contributed by atoms with Crippen molar-refractivity contribution in [3.8, 4) is 0 Å². The molecule has 0 amide bonds. The van der Waals surface area contributed by atoms with Gasteiger partial charge in [-0.3, -0.25) is 4.90 Å². The largest absolute Gasteiger partial charge is 0.383 e. The Bertz CT molecular complexity index is 293. The molecule has 2 aliphatic carbocycles. The van der Waals surface area contributed by atoms with Crippen LogP contribution in [0, 0.1) is 0 Å². The van der Waals surface area contributed by atoms with Gasteiger partial charge in [0.2, 0.25) is 0 Å². The zero-order chi connectivity index (χ0) is 13.2. The van der Waals surface area contributed by atoms with E-state index in [4.69, 9.17) is 4.74 Å². The van der Waals surface area contributed by atoms with Crippen LogP contribution in [0.25, 0.3) is 0 Å². The molecule has 1 saturated heterocycles. The molecule has 1 heterocycles. The highest BCUT2D eigenvalue weighted by atomic mass is 16.5. The summed E-state index contributed by atoms with van der Waals surface area (Å²) in [6.45, 7) is 4.49. The van der Waals surface area contributed by atoms with Gasteiger partial charge < -0.3 is 10.1 Å². The van der Waals surface area contributed by atoms with Gasteiger partial charge >= 0.3 is 0 Å². The molecular weight excluding hydrogens is 236 g/mol. The highest BCUT2D eigenvalue weighted by Gasteiger charge is 2.48. The molecule has 1 N–H and O–H groups in total. The van der Waals surface area contributed by atoms with Crippen LogP contribution in [0.3, 0.4) is 0 Å². The molecule has 0 atom stereocenters. The average Bonchev–Trinajstić information content (AvgIpc) is 2.91. The number of nitrogens with one attached hydrogen (secondary N) is 1. The number of rotatable bonds is 3. The molecule has 19 heavy (non-hydrogen) atoms. The Labute approximate surface area is 118 Å². The summed E-state index contributed by atoms with van der Waals surface area (Å²) in [5.41, 5.74) is 0.890. The molecule has 3 nitrogen and oxygen atoms in total. The molecule has 2 saturated carbocycles. The van der Waals surface area contributed by atoms with Crippen molar-refractivity contribution in [1.29, 1.82) is 0 Å². The van der Waals surface area contributed by atoms with Gasteiger partial charge in [0.15, 0.2) is 0 Å². The molecule has 110 valence electrons. The van der Waals surface area contributed by atoms with Crippen molar-refractivity contribution < 1.29 is 4.74 Å². The van der Waals surface area contributed by atoms with Gasteiger partial charge in [0.1, 0.15) is 0 Å². The van der Waals surface area contributed by atoms with Crippen LogP contribution in [0.4, 0.5) is 0 Å². The third kappa shape index (κ3) is 2.70. The number of nitrogens with zero attached hydrogens (tertiary/aromatic N) is 1. The fourth-order valence-corrected chi connectivity index (χ4v) is 4.66. The standard InChI is InChI=1S/C16H30N2O/c1-19-12-11-18-14-15(7-3-2-4-8-15)17-13-16(18)9-5-6-10-16/h17H,2-14H2,1H3. The Morgan fingerprint density at radius 2 is 1.68 bits per heavy atom. The quantitative estimate of drug-likeness (QED) is 0.849. The van der Waals surface area contributed by atoms with E-state index in [9.17, 15) is 0 Å². The van der Waals surface area contributed by atoms with Crippen LogP contribution in [0.2, 0.25) is 0 Å². The number of piperazine rings is 1. The molecule has 0 aromatic rings. The molecule has 0 unspecified atom stereocenters. The maximum absolute atomic E-state index is 5.36. The van der Waals surface area contributed by atoms with Crippen LogP contribution in [0.1, 0.15) is 57.8 Å². The van der Waals surface area contributed by atoms with Gasteiger partial charge in [0.05, 0.1) is 6.61 Å². The van der Waals surface area contributed by atoms with Crippen LogP contribution < -0.4 is 5.32 Å². The monoisotopic (exact) mass is 266 g/mol. The van der Waals surface area contributed by atoms with Gasteiger partial charge in [-0.1, -0.05) is 32.1 Å². The second-order valence-corrected chi connectivity index (χ2v) is 7.04. The predicted octanol–water partition coefficient (Wildman–Crippen LogP) is 2.55. The lowest BCUT2D eigenvalue weighted by molar-refractivity contribution is -0.0186. The van der Waals surface area contributed by atoms with E-state index in [0.717, 1.165) is 13.2 Å². The van der Waals surface area contributed by atoms with E-state index in [1.54, 1.807) is 0 Å². The fraction of sp³-hybridized carbons (Fsp3) is 1.00. The number of hydrogen-bond acceptors (Lipinski definition) is 3. The van der Waals surface area contributed by atoms with Gasteiger partial charge in [-0.15, -0.1) is 0 Å². The fourth-order valence-electron chi connectivity index (χ4n) is 4.66. The van der Waals surface area contributed by atoms with Crippen LogP contribution in [0.5, 0.6) is 0 Å². The Hall–Kier alpha value is -0.120. The summed E-state index contributed by atoms with van der Waals surface area (Å²) >= 11 is 0. The summed E-state index contributed by atoms with van der Waals surface area (Å²) in [7, 11) is 1.83. The van der Waals surface area contributed by atoms with E-state index in [-0.39, 0.29) is 0 Å². The molecule has 3 aliphatic rings. The second-order valence-electron chi connectivity index (χ2n) is 7.04. The summed E-state index contributed by atoms with van der Waals surface area (Å²) in [5.74, 6) is 0. The molecule has 0 aromatic heterocycles. The SMILES string of the molecule is COCCN1CC2(CCCCC2)NCC12CCCC2. The van der Waals surface area contributed by atoms with Gasteiger partial charge in [-0.25, -0.2) is 0 Å². The summed E-state index contributed by atoms with van der Waals surface area (Å²) in [6, 6.07) is 0. The predicted molar refractivity (Wildman–Crippen MR) is 78.5 cm³/mol. The number of methoxy groups -OCH3 is 1. The third-order valence-electron chi connectivity index (χ3n) is 5.87. The highest BCUT2D eigenvalue weighted by molar-refractivity contribution is 5.07. The van der Waals surface area contributed by atoms with Crippen molar-refractivity contribution in [3.63, 3.8) is 0 Å². The molecule has 2 spiro atoms. The minimum Gasteiger partial charge on any atom is -0.383 e. The number of ether oxygens (including phenoxy) is 1. The first-order chi connectivity index (χ1) is 9.29. The molecule has 0 aromatic carbocycles. The first kappa shape index (κ1) is 13.8. The maximum atomic E-state index is 5.36. The minimum atomic E-state index is 0.430. The van der Waals surface area contributed by atoms with Gasteiger partial charge in [-0.2, -0.15) is 0 Å². The molecule has 3 heteroatoms. The Balaban J connectivity index is 1.71. The number of hydrogen-bond donors (Lipinski definition) is 1. The lowest BCUT2D eigenvalue weighted by Crippen LogP contribution is -2.70. The smallest absolute Gasteiger partial charge is 0.0589 e. The Morgan fingerprint density at radius 3 is 2.37 bits per heavy atom. The van der Waals surface area contributed by atoms with Crippen LogP contribution in [-0.2, 0) is 4.74 Å². The van der Waals surface area contributed by atoms with Crippen molar-refractivity contribution in [2.24, 2.45) is 0 Å². The highest BCUT2D eigenvalue weighted by Crippen LogP contribution is 2.41. The summed E-state index contributed by atoms with van der Waals surface area (Å²) in [5, 5.41) is 3.99. The van der Waals surface area contributed by atoms with Crippen molar-refractivity contribution in [3.05, 3.63) is 0 Å². The molecular formula is C16H30N2O. The van der Waals surface area contributed by atoms with E-state index in [0.29, 0.717) is 11.1 Å². The van der Waals surface area contributed by atoms with E-state index >= 15 is 0 Å². The minimum absolute atomic E-state index is 0.430. The normalized spacial score (nSPS) is 30.2. The van der Waals surface area contributed by atoms with E-state index in [1.807, 2.05) is 7.11 Å². The summed E-state index contributed by atoms with van der Waals surface area (Å²) in [4.78, 5) is 2.80. The molecule has 0 bridgehead atoms. The van der Waals surface area contributed by atoms with E-state index in [1.165, 1.54) is 70.9 Å². The third-order valence-corrected chi connectivity index (χ3v) is 5.87. The van der Waals surface area contributed by atoms with E-state index < -0.39 is 0 Å². The van der Waals surface area contributed by atoms with Gasteiger partial charge in [-0.05, 0) is 25.7 Å². The van der Waals surface area contributed by atoms with Crippen molar-refractivity contribution in [1.82, 2.24) is 10.2 Å². The van der Waals surface area contributed by atoms with Gasteiger partial charge in [0, 0.05) is 37.8 Å². The van der Waals surface area contributed by atoms with Crippen LogP contribution >= 0.6 is 0 Å². The Morgan fingerprint density at radius 1 is 1.00 bits per heavy atom. The maximum Gasteiger partial charge on any atom is 0.0589 e. The van der Waals surface area contributed by atoms with Crippen molar-refractivity contribution >= 4 is 0 Å². The first-order valence-electron chi connectivity index (χ1n) is 8.28. The summed E-state index contributed by atoms with van der Waals surface area (Å²) in [6.07, 6.45) is 12.6. The molecule has 0 radical (unpaired) electrons. The van der Waals surface area contributed by atoms with Crippen molar-refractivity contribution in [2.75, 3.05) is 33.4 Å². The molecule has 1 aliphatic heterocycles. The second kappa shape index (κ2) is 5.71. The summed E-state index contributed by atoms with van der Waals surface area (Å²) < 4.78 is 5.36. The van der Waals surface area contributed by atoms with Crippen molar-refractivity contribution in [2.45, 2.75) is 68.9 Å². The van der Waals surface area contributed by atoms with E-state index in [2.05, 4.69) is 10.2 Å². The topological polar surface area (TPSA) is 24.5 Å². The zero-order valence-electron chi connectivity index (χ0n) is 12.5. The molecule has 3 fully saturated rings. The zero-order valence-corrected chi connectivity index (χ0v) is 12.5. The lowest BCUT2D eigenvalue weighted by Gasteiger charge is -2.55. The lowest BCUT2D eigenvalue weighted by atomic mass is 9.76. The van der Waals surface area contributed by atoms with Crippen LogP contribution in [-0.4, -0.2) is 49.3 Å². The average molecular weight is 266 g/mol. The Kier molecular flexibility index (Phi) is 4.16. The first-order valence-corrected chi connectivity index (χ1v) is 8.28.